The van der Waals surface area contributed by atoms with Crippen molar-refractivity contribution in [3.8, 4) is 0 Å². The minimum absolute atomic E-state index is 0.855. The third-order valence-corrected chi connectivity index (χ3v) is 3.88. The predicted octanol–water partition coefficient (Wildman–Crippen LogP) is 5.27. The van der Waals surface area contributed by atoms with Crippen LogP contribution in [0.1, 0.15) is 96.8 Å². The van der Waals surface area contributed by atoms with Crippen molar-refractivity contribution in [2.24, 2.45) is 11.5 Å². The van der Waals surface area contributed by atoms with Gasteiger partial charge in [-0.25, -0.2) is 0 Å². The molecule has 0 rings (SSSR count). The van der Waals surface area contributed by atoms with Gasteiger partial charge in [-0.15, -0.1) is 0 Å². The first-order valence-electron chi connectivity index (χ1n) is 8.95. The second kappa shape index (κ2) is 16.6. The van der Waals surface area contributed by atoms with Crippen LogP contribution in [0.25, 0.3) is 0 Å². The lowest BCUT2D eigenvalue weighted by Gasteiger charge is -2.03. The van der Waals surface area contributed by atoms with E-state index in [0.29, 0.717) is 0 Å². The SMILES string of the molecule is CCCCCC=C(N)CCCCCCCCCCCN. The van der Waals surface area contributed by atoms with Crippen molar-refractivity contribution in [3.63, 3.8) is 0 Å². The van der Waals surface area contributed by atoms with Gasteiger partial charge in [0.25, 0.3) is 0 Å². The van der Waals surface area contributed by atoms with E-state index in [4.69, 9.17) is 11.5 Å². The van der Waals surface area contributed by atoms with E-state index in [0.717, 1.165) is 18.7 Å². The standard InChI is InChI=1S/C18H38N2/c1-2-3-4-12-15-18(20)16-13-10-8-6-5-7-9-11-14-17-19/h15H,2-14,16-17,19-20H2,1H3. The van der Waals surface area contributed by atoms with Crippen molar-refractivity contribution >= 4 is 0 Å². The first kappa shape index (κ1) is 19.5. The third kappa shape index (κ3) is 15.6. The number of hydrogen-bond acceptors (Lipinski definition) is 2. The Kier molecular flexibility index (Phi) is 16.1. The number of nitrogens with two attached hydrogens (primary N) is 2. The lowest BCUT2D eigenvalue weighted by Crippen LogP contribution is -1.97. The summed E-state index contributed by atoms with van der Waals surface area (Å²) >= 11 is 0. The molecule has 0 aliphatic carbocycles. The van der Waals surface area contributed by atoms with E-state index < -0.39 is 0 Å². The van der Waals surface area contributed by atoms with Gasteiger partial charge in [-0.1, -0.05) is 70.8 Å². The Labute approximate surface area is 127 Å². The first-order chi connectivity index (χ1) is 9.81. The number of unbranched alkanes of at least 4 members (excludes halogenated alkanes) is 11. The van der Waals surface area contributed by atoms with Gasteiger partial charge < -0.3 is 11.5 Å². The van der Waals surface area contributed by atoms with E-state index in [-0.39, 0.29) is 0 Å². The minimum atomic E-state index is 0.855. The molecule has 0 atom stereocenters. The van der Waals surface area contributed by atoms with Crippen molar-refractivity contribution in [2.45, 2.75) is 96.8 Å². The molecule has 0 radical (unpaired) electrons. The average molecular weight is 283 g/mol. The zero-order valence-corrected chi connectivity index (χ0v) is 13.8. The first-order valence-corrected chi connectivity index (χ1v) is 8.95. The van der Waals surface area contributed by atoms with E-state index in [1.165, 1.54) is 83.5 Å². The van der Waals surface area contributed by atoms with Gasteiger partial charge in [0.1, 0.15) is 0 Å². The summed E-state index contributed by atoms with van der Waals surface area (Å²) in [5.74, 6) is 0. The summed E-state index contributed by atoms with van der Waals surface area (Å²) in [5, 5.41) is 0. The smallest absolute Gasteiger partial charge is 0.00399 e. The molecule has 0 saturated carbocycles. The maximum atomic E-state index is 6.02. The van der Waals surface area contributed by atoms with Gasteiger partial charge in [-0.3, -0.25) is 0 Å². The number of hydrogen-bond donors (Lipinski definition) is 2. The van der Waals surface area contributed by atoms with Crippen molar-refractivity contribution in [1.29, 1.82) is 0 Å². The van der Waals surface area contributed by atoms with Crippen LogP contribution in [0.2, 0.25) is 0 Å². The summed E-state index contributed by atoms with van der Waals surface area (Å²) in [4.78, 5) is 0. The molecule has 0 aromatic rings. The second-order valence-electron chi connectivity index (χ2n) is 6.00. The summed E-state index contributed by atoms with van der Waals surface area (Å²) in [6.07, 6.45) is 20.5. The van der Waals surface area contributed by atoms with E-state index in [9.17, 15) is 0 Å². The highest BCUT2D eigenvalue weighted by Gasteiger charge is 1.94. The van der Waals surface area contributed by atoms with Crippen LogP contribution in [-0.4, -0.2) is 6.54 Å². The molecule has 0 aliphatic rings. The van der Waals surface area contributed by atoms with Crippen molar-refractivity contribution in [3.05, 3.63) is 11.8 Å². The summed E-state index contributed by atoms with van der Waals surface area (Å²) in [5.41, 5.74) is 12.6. The van der Waals surface area contributed by atoms with Crippen LogP contribution in [0.4, 0.5) is 0 Å². The zero-order valence-electron chi connectivity index (χ0n) is 13.8. The molecule has 0 aromatic carbocycles. The lowest BCUT2D eigenvalue weighted by molar-refractivity contribution is 0.559. The number of allylic oxidation sites excluding steroid dienone is 2. The Bertz CT molecular complexity index is 211. The van der Waals surface area contributed by atoms with E-state index in [2.05, 4.69) is 13.0 Å². The molecule has 0 aliphatic heterocycles. The molecule has 20 heavy (non-hydrogen) atoms. The van der Waals surface area contributed by atoms with E-state index in [1.807, 2.05) is 0 Å². The lowest BCUT2D eigenvalue weighted by atomic mass is 10.1. The van der Waals surface area contributed by atoms with Crippen molar-refractivity contribution in [1.82, 2.24) is 0 Å². The molecular weight excluding hydrogens is 244 g/mol. The van der Waals surface area contributed by atoms with Crippen molar-refractivity contribution in [2.75, 3.05) is 6.54 Å². The third-order valence-electron chi connectivity index (χ3n) is 3.88. The molecule has 0 spiro atoms. The van der Waals surface area contributed by atoms with Crippen LogP contribution in [0.5, 0.6) is 0 Å². The Morgan fingerprint density at radius 1 is 0.750 bits per heavy atom. The monoisotopic (exact) mass is 282 g/mol. The molecule has 0 bridgehead atoms. The maximum Gasteiger partial charge on any atom is 0.00399 e. The van der Waals surface area contributed by atoms with Crippen LogP contribution >= 0.6 is 0 Å². The van der Waals surface area contributed by atoms with Crippen LogP contribution in [-0.2, 0) is 0 Å². The zero-order chi connectivity index (χ0) is 14.9. The quantitative estimate of drug-likeness (QED) is 0.402. The highest BCUT2D eigenvalue weighted by Crippen LogP contribution is 2.12. The molecular formula is C18H38N2. The van der Waals surface area contributed by atoms with Gasteiger partial charge in [0, 0.05) is 5.70 Å². The van der Waals surface area contributed by atoms with Crippen LogP contribution in [0.15, 0.2) is 11.8 Å². The Hall–Kier alpha value is -0.500. The fourth-order valence-corrected chi connectivity index (χ4v) is 2.49. The largest absolute Gasteiger partial charge is 0.402 e. The van der Waals surface area contributed by atoms with Gasteiger partial charge in [-0.05, 0) is 38.6 Å². The molecule has 0 fully saturated rings. The van der Waals surface area contributed by atoms with Gasteiger partial charge in [-0.2, -0.15) is 0 Å². The van der Waals surface area contributed by atoms with Gasteiger partial charge in [0.05, 0.1) is 0 Å². The van der Waals surface area contributed by atoms with Crippen LogP contribution < -0.4 is 11.5 Å². The summed E-state index contributed by atoms with van der Waals surface area (Å²) in [6, 6.07) is 0. The molecule has 120 valence electrons. The van der Waals surface area contributed by atoms with E-state index >= 15 is 0 Å². The highest BCUT2D eigenvalue weighted by atomic mass is 14.6. The fourth-order valence-electron chi connectivity index (χ4n) is 2.49. The van der Waals surface area contributed by atoms with E-state index in [1.54, 1.807) is 0 Å². The topological polar surface area (TPSA) is 52.0 Å². The molecule has 0 heterocycles. The van der Waals surface area contributed by atoms with Crippen LogP contribution in [0, 0.1) is 0 Å². The highest BCUT2D eigenvalue weighted by molar-refractivity contribution is 4.95. The predicted molar refractivity (Wildman–Crippen MR) is 91.6 cm³/mol. The van der Waals surface area contributed by atoms with Gasteiger partial charge in [0.15, 0.2) is 0 Å². The molecule has 0 saturated heterocycles. The number of rotatable bonds is 15. The van der Waals surface area contributed by atoms with Crippen molar-refractivity contribution < 1.29 is 0 Å². The normalized spacial score (nSPS) is 12.0. The fraction of sp³-hybridized carbons (Fsp3) is 0.889. The molecule has 0 aromatic heterocycles. The summed E-state index contributed by atoms with van der Waals surface area (Å²) in [6.45, 7) is 3.10. The summed E-state index contributed by atoms with van der Waals surface area (Å²) in [7, 11) is 0. The molecule has 2 heteroatoms. The van der Waals surface area contributed by atoms with Gasteiger partial charge in [0.2, 0.25) is 0 Å². The Balaban J connectivity index is 3.18. The Morgan fingerprint density at radius 2 is 1.30 bits per heavy atom. The van der Waals surface area contributed by atoms with Gasteiger partial charge >= 0.3 is 0 Å². The average Bonchev–Trinajstić information content (AvgIpc) is 2.45. The Morgan fingerprint density at radius 3 is 1.85 bits per heavy atom. The van der Waals surface area contributed by atoms with Crippen LogP contribution in [0.3, 0.4) is 0 Å². The second-order valence-corrected chi connectivity index (χ2v) is 6.00. The molecule has 2 nitrogen and oxygen atoms in total. The minimum Gasteiger partial charge on any atom is -0.402 e. The molecule has 4 N–H and O–H groups in total. The summed E-state index contributed by atoms with van der Waals surface area (Å²) < 4.78 is 0. The maximum absolute atomic E-state index is 6.02. The molecule has 0 amide bonds. The molecule has 0 unspecified atom stereocenters.